The summed E-state index contributed by atoms with van der Waals surface area (Å²) in [5, 5.41) is 14.8. The average molecular weight is 265 g/mol. The van der Waals surface area contributed by atoms with Gasteiger partial charge in [0.05, 0.1) is 17.3 Å². The van der Waals surface area contributed by atoms with Gasteiger partial charge in [-0.15, -0.1) is 0 Å². The van der Waals surface area contributed by atoms with E-state index in [2.05, 4.69) is 44.0 Å². The van der Waals surface area contributed by atoms with E-state index in [1.54, 1.807) is 0 Å². The maximum atomic E-state index is 10.4. The van der Waals surface area contributed by atoms with Crippen LogP contribution in [0.1, 0.15) is 52.0 Å². The number of hydrogen-bond acceptors (Lipinski definition) is 3. The van der Waals surface area contributed by atoms with Gasteiger partial charge >= 0.3 is 0 Å². The molecule has 1 N–H and O–H groups in total. The molecular formula is C15H27N3O. The molecule has 1 fully saturated rings. The third-order valence-corrected chi connectivity index (χ3v) is 3.87. The molecule has 0 aromatic carbocycles. The minimum absolute atomic E-state index is 0.0282. The van der Waals surface area contributed by atoms with Crippen molar-refractivity contribution in [2.75, 3.05) is 13.6 Å². The zero-order valence-corrected chi connectivity index (χ0v) is 12.7. The lowest BCUT2D eigenvalue weighted by atomic mass is 10.0. The molecule has 0 radical (unpaired) electrons. The summed E-state index contributed by atoms with van der Waals surface area (Å²) >= 11 is 0. The van der Waals surface area contributed by atoms with E-state index in [0.29, 0.717) is 0 Å². The molecule has 108 valence electrons. The first-order chi connectivity index (χ1) is 8.78. The third-order valence-electron chi connectivity index (χ3n) is 3.87. The van der Waals surface area contributed by atoms with Crippen LogP contribution in [0, 0.1) is 0 Å². The van der Waals surface area contributed by atoms with Crippen molar-refractivity contribution in [3.63, 3.8) is 0 Å². The van der Waals surface area contributed by atoms with Crippen LogP contribution in [0.25, 0.3) is 0 Å². The van der Waals surface area contributed by atoms with Crippen LogP contribution in [0.5, 0.6) is 0 Å². The highest BCUT2D eigenvalue weighted by Crippen LogP contribution is 2.30. The topological polar surface area (TPSA) is 41.3 Å². The average Bonchev–Trinajstić information content (AvgIpc) is 2.86. The fourth-order valence-corrected chi connectivity index (χ4v) is 2.87. The van der Waals surface area contributed by atoms with Crippen molar-refractivity contribution < 1.29 is 5.11 Å². The molecule has 2 rings (SSSR count). The molecule has 0 aliphatic heterocycles. The summed E-state index contributed by atoms with van der Waals surface area (Å²) in [6, 6.07) is 0. The highest BCUT2D eigenvalue weighted by molar-refractivity contribution is 5.05. The Labute approximate surface area is 116 Å². The van der Waals surface area contributed by atoms with Crippen LogP contribution in [-0.4, -0.2) is 39.0 Å². The molecule has 0 unspecified atom stereocenters. The second-order valence-corrected chi connectivity index (χ2v) is 7.07. The van der Waals surface area contributed by atoms with E-state index < -0.39 is 5.60 Å². The molecule has 1 aliphatic rings. The maximum absolute atomic E-state index is 10.4. The minimum atomic E-state index is -0.464. The van der Waals surface area contributed by atoms with E-state index in [1.807, 2.05) is 10.9 Å². The Morgan fingerprint density at radius 3 is 2.53 bits per heavy atom. The second-order valence-electron chi connectivity index (χ2n) is 7.07. The van der Waals surface area contributed by atoms with Gasteiger partial charge in [-0.3, -0.25) is 9.58 Å². The zero-order chi connectivity index (χ0) is 14.1. The molecule has 0 bridgehead atoms. The summed E-state index contributed by atoms with van der Waals surface area (Å²) in [7, 11) is 2.07. The number of aromatic nitrogens is 2. The molecule has 0 spiro atoms. The lowest BCUT2D eigenvalue weighted by Crippen LogP contribution is -2.38. The predicted molar refractivity (Wildman–Crippen MR) is 77.0 cm³/mol. The largest absolute Gasteiger partial charge is 0.389 e. The Hall–Kier alpha value is -0.870. The summed E-state index contributed by atoms with van der Waals surface area (Å²) in [5.74, 6) is 0. The normalized spacial score (nSPS) is 19.3. The van der Waals surface area contributed by atoms with Crippen molar-refractivity contribution in [2.45, 2.75) is 64.1 Å². The molecule has 1 aliphatic carbocycles. The fourth-order valence-electron chi connectivity index (χ4n) is 2.87. The second kappa shape index (κ2) is 5.25. The van der Waals surface area contributed by atoms with E-state index in [0.717, 1.165) is 38.8 Å². The summed E-state index contributed by atoms with van der Waals surface area (Å²) in [5.41, 5.74) is 0.772. The van der Waals surface area contributed by atoms with Gasteiger partial charge in [0.15, 0.2) is 0 Å². The van der Waals surface area contributed by atoms with Gasteiger partial charge in [-0.05, 0) is 40.7 Å². The fraction of sp³-hybridized carbons (Fsp3) is 0.800. The number of rotatable bonds is 4. The van der Waals surface area contributed by atoms with Crippen molar-refractivity contribution in [3.8, 4) is 0 Å². The molecule has 1 aromatic rings. The van der Waals surface area contributed by atoms with Gasteiger partial charge in [0, 0.05) is 24.8 Å². The third kappa shape index (κ3) is 3.80. The van der Waals surface area contributed by atoms with Crippen LogP contribution >= 0.6 is 0 Å². The Kier molecular flexibility index (Phi) is 4.02. The van der Waals surface area contributed by atoms with Crippen LogP contribution in [-0.2, 0) is 12.1 Å². The molecule has 4 nitrogen and oxygen atoms in total. The van der Waals surface area contributed by atoms with Crippen LogP contribution < -0.4 is 0 Å². The summed E-state index contributed by atoms with van der Waals surface area (Å²) in [6.45, 7) is 8.05. The van der Waals surface area contributed by atoms with E-state index >= 15 is 0 Å². The summed E-state index contributed by atoms with van der Waals surface area (Å²) in [4.78, 5) is 2.20. The van der Waals surface area contributed by atoms with Crippen molar-refractivity contribution in [2.24, 2.45) is 0 Å². The van der Waals surface area contributed by atoms with Crippen LogP contribution in [0.2, 0.25) is 0 Å². The van der Waals surface area contributed by atoms with Crippen LogP contribution in [0.15, 0.2) is 12.4 Å². The number of nitrogens with zero attached hydrogens (tertiary/aromatic N) is 3. The first kappa shape index (κ1) is 14.5. The molecule has 0 atom stereocenters. The molecule has 1 saturated carbocycles. The Balaban J connectivity index is 1.92. The Morgan fingerprint density at radius 1 is 1.37 bits per heavy atom. The smallest absolute Gasteiger partial charge is 0.0774 e. The maximum Gasteiger partial charge on any atom is 0.0774 e. The molecule has 0 saturated heterocycles. The molecular weight excluding hydrogens is 238 g/mol. The number of aliphatic hydroxyl groups is 1. The van der Waals surface area contributed by atoms with Crippen molar-refractivity contribution >= 4 is 0 Å². The quantitative estimate of drug-likeness (QED) is 0.908. The SMILES string of the molecule is CN(Cc1cnn(C(C)(C)C)c1)CC1(O)CCCC1. The van der Waals surface area contributed by atoms with Gasteiger partial charge < -0.3 is 5.11 Å². The lowest BCUT2D eigenvalue weighted by molar-refractivity contribution is 0.0145. The molecule has 0 amide bonds. The number of likely N-dealkylation sites (N-methyl/N-ethyl adjacent to an activating group) is 1. The first-order valence-corrected chi connectivity index (χ1v) is 7.23. The Morgan fingerprint density at radius 2 is 2.00 bits per heavy atom. The van der Waals surface area contributed by atoms with Crippen molar-refractivity contribution in [1.29, 1.82) is 0 Å². The van der Waals surface area contributed by atoms with Crippen molar-refractivity contribution in [3.05, 3.63) is 18.0 Å². The predicted octanol–water partition coefficient (Wildman–Crippen LogP) is 2.38. The number of hydrogen-bond donors (Lipinski definition) is 1. The highest BCUT2D eigenvalue weighted by Gasteiger charge is 2.32. The highest BCUT2D eigenvalue weighted by atomic mass is 16.3. The first-order valence-electron chi connectivity index (χ1n) is 7.23. The summed E-state index contributed by atoms with van der Waals surface area (Å²) in [6.07, 6.45) is 8.24. The van der Waals surface area contributed by atoms with Gasteiger partial charge in [-0.1, -0.05) is 12.8 Å². The molecule has 19 heavy (non-hydrogen) atoms. The van der Waals surface area contributed by atoms with Gasteiger partial charge in [-0.2, -0.15) is 5.10 Å². The molecule has 1 aromatic heterocycles. The van der Waals surface area contributed by atoms with E-state index in [1.165, 1.54) is 5.56 Å². The molecule has 1 heterocycles. The van der Waals surface area contributed by atoms with Gasteiger partial charge in [0.2, 0.25) is 0 Å². The van der Waals surface area contributed by atoms with Gasteiger partial charge in [-0.25, -0.2) is 0 Å². The van der Waals surface area contributed by atoms with E-state index in [4.69, 9.17) is 0 Å². The molecule has 4 heteroatoms. The van der Waals surface area contributed by atoms with E-state index in [9.17, 15) is 5.11 Å². The Bertz CT molecular complexity index is 413. The lowest BCUT2D eigenvalue weighted by Gasteiger charge is -2.28. The van der Waals surface area contributed by atoms with Gasteiger partial charge in [0.25, 0.3) is 0 Å². The summed E-state index contributed by atoms with van der Waals surface area (Å²) < 4.78 is 2.00. The van der Waals surface area contributed by atoms with Gasteiger partial charge in [0.1, 0.15) is 0 Å². The van der Waals surface area contributed by atoms with Crippen LogP contribution in [0.3, 0.4) is 0 Å². The zero-order valence-electron chi connectivity index (χ0n) is 12.7. The van der Waals surface area contributed by atoms with Crippen molar-refractivity contribution in [1.82, 2.24) is 14.7 Å². The monoisotopic (exact) mass is 265 g/mol. The standard InChI is InChI=1S/C15H27N3O/c1-14(2,3)18-11-13(9-16-18)10-17(4)12-15(19)7-5-6-8-15/h9,11,19H,5-8,10,12H2,1-4H3. The van der Waals surface area contributed by atoms with E-state index in [-0.39, 0.29) is 5.54 Å². The minimum Gasteiger partial charge on any atom is -0.389 e. The van der Waals surface area contributed by atoms with Crippen LogP contribution in [0.4, 0.5) is 0 Å².